The van der Waals surface area contributed by atoms with Crippen molar-refractivity contribution in [1.82, 2.24) is 10.6 Å². The number of primary amides is 1. The first-order valence-electron chi connectivity index (χ1n) is 12.8. The summed E-state index contributed by atoms with van der Waals surface area (Å²) in [4.78, 5) is 37.5. The zero-order valence-corrected chi connectivity index (χ0v) is 21.1. The van der Waals surface area contributed by atoms with Crippen molar-refractivity contribution in [2.24, 2.45) is 5.73 Å². The second kappa shape index (κ2) is 13.4. The molecule has 4 N–H and O–H groups in total. The minimum Gasteiger partial charge on any atom is -0.484 e. The summed E-state index contributed by atoms with van der Waals surface area (Å²) in [5.41, 5.74) is 7.66. The molecule has 8 heteroatoms. The summed E-state index contributed by atoms with van der Waals surface area (Å²) in [5.74, 6) is -1.19. The fourth-order valence-electron chi connectivity index (χ4n) is 4.41. The average Bonchev–Trinajstić information content (AvgIpc) is 3.71. The second-order valence-corrected chi connectivity index (χ2v) is 9.36. The highest BCUT2D eigenvalue weighted by atomic mass is 16.6. The summed E-state index contributed by atoms with van der Waals surface area (Å²) in [6.45, 7) is -0.298. The van der Waals surface area contributed by atoms with Crippen LogP contribution in [0, 0.1) is 0 Å². The highest BCUT2D eigenvalue weighted by Crippen LogP contribution is 2.31. The Labute approximate surface area is 222 Å². The number of nitrogens with two attached hydrogens (primary N) is 1. The zero-order chi connectivity index (χ0) is 26.7. The Morgan fingerprint density at radius 2 is 1.45 bits per heavy atom. The van der Waals surface area contributed by atoms with E-state index in [2.05, 4.69) is 22.8 Å². The van der Waals surface area contributed by atoms with Gasteiger partial charge in [-0.2, -0.15) is 0 Å². The summed E-state index contributed by atoms with van der Waals surface area (Å²) in [5, 5.41) is 5.60. The minimum atomic E-state index is -1.13. The van der Waals surface area contributed by atoms with Gasteiger partial charge in [0.1, 0.15) is 17.9 Å². The highest BCUT2D eigenvalue weighted by molar-refractivity contribution is 5.92. The molecule has 4 rings (SSSR count). The van der Waals surface area contributed by atoms with Crippen molar-refractivity contribution in [1.29, 1.82) is 0 Å². The minimum absolute atomic E-state index is 0.00710. The van der Waals surface area contributed by atoms with Gasteiger partial charge in [0.25, 0.3) is 5.91 Å². The predicted octanol–water partition coefficient (Wildman–Crippen LogP) is 2.55. The second-order valence-electron chi connectivity index (χ2n) is 9.36. The van der Waals surface area contributed by atoms with E-state index in [1.807, 2.05) is 54.6 Å². The molecule has 3 aromatic carbocycles. The van der Waals surface area contributed by atoms with Gasteiger partial charge in [0.2, 0.25) is 11.8 Å². The van der Waals surface area contributed by atoms with E-state index in [0.717, 1.165) is 18.4 Å². The molecule has 1 aliphatic rings. The smallest absolute Gasteiger partial charge is 0.258 e. The van der Waals surface area contributed by atoms with E-state index in [1.54, 1.807) is 24.3 Å². The summed E-state index contributed by atoms with van der Waals surface area (Å²) in [6, 6.07) is 27.4. The summed E-state index contributed by atoms with van der Waals surface area (Å²) in [6.07, 6.45) is 1.75. The molecule has 0 radical (unpaired) electrons. The number of aryl methyl sites for hydroxylation is 1. The molecule has 1 aliphatic heterocycles. The fourth-order valence-corrected chi connectivity index (χ4v) is 4.41. The number of carbonyl (C=O) groups excluding carboxylic acids is 3. The molecule has 1 fully saturated rings. The largest absolute Gasteiger partial charge is 0.484 e. The van der Waals surface area contributed by atoms with Crippen LogP contribution in [-0.2, 0) is 32.0 Å². The van der Waals surface area contributed by atoms with E-state index < -0.39 is 23.8 Å². The van der Waals surface area contributed by atoms with Crippen LogP contribution in [0.5, 0.6) is 5.75 Å². The molecular weight excluding hydrogens is 482 g/mol. The summed E-state index contributed by atoms with van der Waals surface area (Å²) < 4.78 is 11.4. The van der Waals surface area contributed by atoms with Gasteiger partial charge in [-0.15, -0.1) is 0 Å². The third kappa shape index (κ3) is 8.45. The van der Waals surface area contributed by atoms with E-state index in [0.29, 0.717) is 12.2 Å². The van der Waals surface area contributed by atoms with Crippen molar-refractivity contribution >= 4 is 17.7 Å². The number of ether oxygens (including phenoxy) is 2. The Morgan fingerprint density at radius 1 is 0.842 bits per heavy atom. The maximum Gasteiger partial charge on any atom is 0.258 e. The first kappa shape index (κ1) is 26.9. The SMILES string of the molecule is NC(=O)C[C@@H](NC(=O)COc1ccccc1)C(=O)NC(Cc1ccccc1)C1OC1CCc1ccccc1. The van der Waals surface area contributed by atoms with E-state index in [-0.39, 0.29) is 31.3 Å². The normalized spacial score (nSPS) is 17.6. The number of hydrogen-bond acceptors (Lipinski definition) is 5. The topological polar surface area (TPSA) is 123 Å². The standard InChI is InChI=1S/C30H33N3O5/c31-27(34)19-25(32-28(35)20-37-23-14-8-3-9-15-23)30(36)33-24(18-22-12-6-2-7-13-22)29-26(38-29)17-16-21-10-4-1-5-11-21/h1-15,24-26,29H,16-20H2,(H2,31,34)(H,32,35)(H,33,36)/t24?,25-,26?,29?/m1/s1. The number of benzene rings is 3. The van der Waals surface area contributed by atoms with Gasteiger partial charge in [-0.05, 0) is 42.5 Å². The van der Waals surface area contributed by atoms with E-state index in [1.165, 1.54) is 5.56 Å². The van der Waals surface area contributed by atoms with Crippen LogP contribution in [0.1, 0.15) is 24.0 Å². The van der Waals surface area contributed by atoms with Crippen molar-refractivity contribution in [3.05, 3.63) is 102 Å². The third-order valence-corrected chi connectivity index (χ3v) is 6.37. The van der Waals surface area contributed by atoms with Crippen molar-refractivity contribution in [2.75, 3.05) is 6.61 Å². The van der Waals surface area contributed by atoms with Gasteiger partial charge < -0.3 is 25.8 Å². The first-order valence-corrected chi connectivity index (χ1v) is 12.8. The Balaban J connectivity index is 1.38. The third-order valence-electron chi connectivity index (χ3n) is 6.37. The van der Waals surface area contributed by atoms with Gasteiger partial charge >= 0.3 is 0 Å². The number of para-hydroxylation sites is 1. The van der Waals surface area contributed by atoms with Crippen LogP contribution < -0.4 is 21.1 Å². The van der Waals surface area contributed by atoms with Gasteiger partial charge in [0.05, 0.1) is 18.6 Å². The predicted molar refractivity (Wildman–Crippen MR) is 143 cm³/mol. The molecule has 0 aliphatic carbocycles. The Morgan fingerprint density at radius 3 is 2.08 bits per heavy atom. The van der Waals surface area contributed by atoms with Crippen molar-refractivity contribution < 1.29 is 23.9 Å². The Hall–Kier alpha value is -4.17. The summed E-state index contributed by atoms with van der Waals surface area (Å²) >= 11 is 0. The van der Waals surface area contributed by atoms with Crippen LogP contribution in [0.15, 0.2) is 91.0 Å². The van der Waals surface area contributed by atoms with Crippen LogP contribution in [-0.4, -0.2) is 48.6 Å². The first-order chi connectivity index (χ1) is 18.5. The van der Waals surface area contributed by atoms with Crippen molar-refractivity contribution in [3.63, 3.8) is 0 Å². The van der Waals surface area contributed by atoms with E-state index in [4.69, 9.17) is 15.2 Å². The molecule has 0 spiro atoms. The van der Waals surface area contributed by atoms with E-state index >= 15 is 0 Å². The number of amides is 3. The number of carbonyl (C=O) groups is 3. The lowest BCUT2D eigenvalue weighted by Gasteiger charge is -2.22. The number of nitrogens with one attached hydrogen (secondary N) is 2. The van der Waals surface area contributed by atoms with Gasteiger partial charge in [-0.1, -0.05) is 78.9 Å². The lowest BCUT2D eigenvalue weighted by molar-refractivity contribution is -0.132. The molecule has 4 atom stereocenters. The van der Waals surface area contributed by atoms with Gasteiger partial charge in [0.15, 0.2) is 6.61 Å². The van der Waals surface area contributed by atoms with Crippen LogP contribution in [0.4, 0.5) is 0 Å². The van der Waals surface area contributed by atoms with Gasteiger partial charge in [-0.25, -0.2) is 0 Å². The molecule has 3 aromatic rings. The zero-order valence-electron chi connectivity index (χ0n) is 21.1. The lowest BCUT2D eigenvalue weighted by atomic mass is 9.98. The number of hydrogen-bond donors (Lipinski definition) is 3. The molecule has 0 saturated carbocycles. The molecule has 8 nitrogen and oxygen atoms in total. The summed E-state index contributed by atoms with van der Waals surface area (Å²) in [7, 11) is 0. The maximum atomic E-state index is 13.3. The van der Waals surface area contributed by atoms with Crippen molar-refractivity contribution in [3.8, 4) is 5.75 Å². The van der Waals surface area contributed by atoms with Crippen LogP contribution in [0.25, 0.3) is 0 Å². The molecule has 38 heavy (non-hydrogen) atoms. The lowest BCUT2D eigenvalue weighted by Crippen LogP contribution is -2.53. The Kier molecular flexibility index (Phi) is 9.48. The van der Waals surface area contributed by atoms with Gasteiger partial charge in [-0.3, -0.25) is 14.4 Å². The molecule has 3 unspecified atom stereocenters. The van der Waals surface area contributed by atoms with Crippen molar-refractivity contribution in [2.45, 2.75) is 50.0 Å². The number of rotatable bonds is 14. The molecular formula is C30H33N3O5. The Bertz CT molecular complexity index is 1190. The van der Waals surface area contributed by atoms with Crippen LogP contribution >= 0.6 is 0 Å². The van der Waals surface area contributed by atoms with Gasteiger partial charge in [0, 0.05) is 0 Å². The maximum absolute atomic E-state index is 13.3. The molecule has 1 saturated heterocycles. The molecule has 0 bridgehead atoms. The monoisotopic (exact) mass is 515 g/mol. The molecule has 3 amide bonds. The fraction of sp³-hybridized carbons (Fsp3) is 0.300. The van der Waals surface area contributed by atoms with Crippen LogP contribution in [0.2, 0.25) is 0 Å². The quantitative estimate of drug-likeness (QED) is 0.285. The molecule has 198 valence electrons. The van der Waals surface area contributed by atoms with E-state index in [9.17, 15) is 14.4 Å². The molecule has 0 aromatic heterocycles. The molecule has 1 heterocycles. The van der Waals surface area contributed by atoms with Crippen LogP contribution in [0.3, 0.4) is 0 Å². The highest BCUT2D eigenvalue weighted by Gasteiger charge is 2.45. The number of epoxide rings is 1. The average molecular weight is 516 g/mol.